The molecule has 0 radical (unpaired) electrons. The number of ether oxygens (including phenoxy) is 1. The summed E-state index contributed by atoms with van der Waals surface area (Å²) in [5, 5.41) is -0.310. The summed E-state index contributed by atoms with van der Waals surface area (Å²) in [5.41, 5.74) is 0.936. The number of benzene rings is 1. The van der Waals surface area contributed by atoms with Gasteiger partial charge in [0, 0.05) is 0 Å². The Morgan fingerprint density at radius 2 is 1.80 bits per heavy atom. The third kappa shape index (κ3) is 2.96. The van der Waals surface area contributed by atoms with Crippen LogP contribution >= 0.6 is 11.6 Å². The predicted molar refractivity (Wildman–Crippen MR) is 61.4 cm³/mol. The summed E-state index contributed by atoms with van der Waals surface area (Å²) in [4.78, 5) is 11.3. The highest BCUT2D eigenvalue weighted by molar-refractivity contribution is 6.64. The fourth-order valence-electron chi connectivity index (χ4n) is 1.59. The van der Waals surface area contributed by atoms with Crippen LogP contribution in [-0.2, 0) is 4.79 Å². The molecule has 1 atom stereocenters. The summed E-state index contributed by atoms with van der Waals surface area (Å²) in [5.74, 6) is 0.740. The average molecular weight is 227 g/mol. The van der Waals surface area contributed by atoms with Crippen molar-refractivity contribution in [1.82, 2.24) is 0 Å². The third-order valence-electron chi connectivity index (χ3n) is 2.39. The van der Waals surface area contributed by atoms with Gasteiger partial charge in [-0.2, -0.15) is 0 Å². The summed E-state index contributed by atoms with van der Waals surface area (Å²) in [6.45, 7) is 3.96. The highest BCUT2D eigenvalue weighted by Gasteiger charge is 2.22. The lowest BCUT2D eigenvalue weighted by Crippen LogP contribution is -2.13. The molecule has 0 spiro atoms. The normalized spacial score (nSPS) is 12.6. The quantitative estimate of drug-likeness (QED) is 0.737. The van der Waals surface area contributed by atoms with Crippen LogP contribution in [0.5, 0.6) is 5.75 Å². The Hall–Kier alpha value is -1.02. The zero-order valence-corrected chi connectivity index (χ0v) is 9.91. The topological polar surface area (TPSA) is 26.3 Å². The van der Waals surface area contributed by atoms with E-state index in [0.717, 1.165) is 11.3 Å². The molecule has 1 unspecified atom stereocenters. The number of rotatable bonds is 4. The van der Waals surface area contributed by atoms with Gasteiger partial charge in [-0.1, -0.05) is 26.0 Å². The van der Waals surface area contributed by atoms with Gasteiger partial charge in [0.05, 0.1) is 13.0 Å². The number of methoxy groups -OCH3 is 1. The monoisotopic (exact) mass is 226 g/mol. The van der Waals surface area contributed by atoms with Crippen LogP contribution < -0.4 is 4.74 Å². The molecule has 15 heavy (non-hydrogen) atoms. The summed E-state index contributed by atoms with van der Waals surface area (Å²) in [6, 6.07) is 7.43. The van der Waals surface area contributed by atoms with E-state index in [0.29, 0.717) is 0 Å². The van der Waals surface area contributed by atoms with Gasteiger partial charge in [0.1, 0.15) is 5.75 Å². The molecule has 82 valence electrons. The van der Waals surface area contributed by atoms with Crippen molar-refractivity contribution in [2.24, 2.45) is 5.92 Å². The molecule has 2 nitrogen and oxygen atoms in total. The van der Waals surface area contributed by atoms with E-state index >= 15 is 0 Å². The molecule has 1 aromatic carbocycles. The Bertz CT molecular complexity index is 330. The number of hydrogen-bond acceptors (Lipinski definition) is 2. The summed E-state index contributed by atoms with van der Waals surface area (Å²) < 4.78 is 5.05. The van der Waals surface area contributed by atoms with Crippen LogP contribution in [0.1, 0.15) is 25.3 Å². The molecule has 0 aromatic heterocycles. The van der Waals surface area contributed by atoms with Gasteiger partial charge in [0.15, 0.2) is 0 Å². The number of halogens is 1. The van der Waals surface area contributed by atoms with E-state index in [1.165, 1.54) is 0 Å². The molecule has 0 N–H and O–H groups in total. The number of hydrogen-bond donors (Lipinski definition) is 0. The van der Waals surface area contributed by atoms with E-state index in [2.05, 4.69) is 0 Å². The van der Waals surface area contributed by atoms with Crippen molar-refractivity contribution >= 4 is 16.8 Å². The summed E-state index contributed by atoms with van der Waals surface area (Å²) in [6.07, 6.45) is 0. The van der Waals surface area contributed by atoms with Crippen molar-refractivity contribution in [3.8, 4) is 5.75 Å². The molecule has 0 aliphatic carbocycles. The predicted octanol–water partition coefficient (Wildman–Crippen LogP) is 3.20. The Balaban J connectivity index is 2.97. The minimum absolute atomic E-state index is 0.198. The van der Waals surface area contributed by atoms with Crippen LogP contribution in [0.15, 0.2) is 24.3 Å². The van der Waals surface area contributed by atoms with Gasteiger partial charge in [0.25, 0.3) is 0 Å². The third-order valence-corrected chi connectivity index (χ3v) is 2.62. The Morgan fingerprint density at radius 1 is 1.27 bits per heavy atom. The maximum atomic E-state index is 11.3. The van der Waals surface area contributed by atoms with Crippen LogP contribution in [0.4, 0.5) is 0 Å². The van der Waals surface area contributed by atoms with E-state index in [9.17, 15) is 4.79 Å². The smallest absolute Gasteiger partial charge is 0.229 e. The van der Waals surface area contributed by atoms with Crippen molar-refractivity contribution in [3.05, 3.63) is 29.8 Å². The van der Waals surface area contributed by atoms with Crippen LogP contribution in [0, 0.1) is 5.92 Å². The molecule has 0 saturated heterocycles. The lowest BCUT2D eigenvalue weighted by atomic mass is 9.89. The van der Waals surface area contributed by atoms with Gasteiger partial charge in [-0.25, -0.2) is 0 Å². The van der Waals surface area contributed by atoms with Gasteiger partial charge < -0.3 is 4.74 Å². The van der Waals surface area contributed by atoms with Crippen molar-refractivity contribution < 1.29 is 9.53 Å². The minimum Gasteiger partial charge on any atom is -0.497 e. The Labute approximate surface area is 95.2 Å². The zero-order chi connectivity index (χ0) is 11.4. The highest BCUT2D eigenvalue weighted by atomic mass is 35.5. The Kier molecular flexibility index (Phi) is 4.15. The molecule has 1 aromatic rings. The molecule has 0 heterocycles. The van der Waals surface area contributed by atoms with Gasteiger partial charge in [-0.05, 0) is 35.2 Å². The standard InChI is InChI=1S/C12H15ClO2/c1-8(2)11(12(13)14)9-4-6-10(15-3)7-5-9/h4-8,11H,1-3H3. The first-order chi connectivity index (χ1) is 7.06. The molecule has 0 bridgehead atoms. The maximum Gasteiger partial charge on any atom is 0.229 e. The number of carbonyl (C=O) groups excluding carboxylic acids is 1. The van der Waals surface area contributed by atoms with E-state index in [-0.39, 0.29) is 17.1 Å². The molecule has 0 saturated carbocycles. The summed E-state index contributed by atoms with van der Waals surface area (Å²) >= 11 is 5.58. The van der Waals surface area contributed by atoms with Crippen LogP contribution in [0.2, 0.25) is 0 Å². The van der Waals surface area contributed by atoms with Crippen LogP contribution in [0.25, 0.3) is 0 Å². The van der Waals surface area contributed by atoms with Crippen molar-refractivity contribution in [2.75, 3.05) is 7.11 Å². The SMILES string of the molecule is COc1ccc(C(C(=O)Cl)C(C)C)cc1. The van der Waals surface area contributed by atoms with Crippen molar-refractivity contribution in [2.45, 2.75) is 19.8 Å². The van der Waals surface area contributed by atoms with Gasteiger partial charge in [-0.15, -0.1) is 0 Å². The lowest BCUT2D eigenvalue weighted by molar-refractivity contribution is -0.113. The molecule has 0 aliphatic rings. The van der Waals surface area contributed by atoms with Crippen molar-refractivity contribution in [3.63, 3.8) is 0 Å². The van der Waals surface area contributed by atoms with E-state index in [1.807, 2.05) is 38.1 Å². The molecule has 1 rings (SSSR count). The second-order valence-corrected chi connectivity index (χ2v) is 4.17. The molecular weight excluding hydrogens is 212 g/mol. The van der Waals surface area contributed by atoms with E-state index < -0.39 is 0 Å². The summed E-state index contributed by atoms with van der Waals surface area (Å²) in [7, 11) is 1.61. The first-order valence-electron chi connectivity index (χ1n) is 4.89. The Morgan fingerprint density at radius 3 is 2.13 bits per heavy atom. The molecule has 0 aliphatic heterocycles. The largest absolute Gasteiger partial charge is 0.497 e. The zero-order valence-electron chi connectivity index (χ0n) is 9.16. The fourth-order valence-corrected chi connectivity index (χ4v) is 1.97. The van der Waals surface area contributed by atoms with Crippen LogP contribution in [-0.4, -0.2) is 12.4 Å². The maximum absolute atomic E-state index is 11.3. The van der Waals surface area contributed by atoms with Gasteiger partial charge >= 0.3 is 0 Å². The molecule has 0 amide bonds. The minimum atomic E-state index is -0.310. The number of carbonyl (C=O) groups is 1. The lowest BCUT2D eigenvalue weighted by Gasteiger charge is -2.16. The van der Waals surface area contributed by atoms with Crippen molar-refractivity contribution in [1.29, 1.82) is 0 Å². The highest BCUT2D eigenvalue weighted by Crippen LogP contribution is 2.28. The second-order valence-electron chi connectivity index (χ2n) is 3.80. The van der Waals surface area contributed by atoms with E-state index in [1.54, 1.807) is 7.11 Å². The molecule has 0 fully saturated rings. The molecular formula is C12H15ClO2. The van der Waals surface area contributed by atoms with Crippen LogP contribution in [0.3, 0.4) is 0 Å². The molecule has 3 heteroatoms. The first-order valence-corrected chi connectivity index (χ1v) is 5.27. The average Bonchev–Trinajstić information content (AvgIpc) is 2.18. The van der Waals surface area contributed by atoms with Gasteiger partial charge in [-0.3, -0.25) is 4.79 Å². The van der Waals surface area contributed by atoms with E-state index in [4.69, 9.17) is 16.3 Å². The second kappa shape index (κ2) is 5.17. The first kappa shape index (κ1) is 12.1. The van der Waals surface area contributed by atoms with Gasteiger partial charge in [0.2, 0.25) is 5.24 Å². The fraction of sp³-hybridized carbons (Fsp3) is 0.417.